The predicted octanol–water partition coefficient (Wildman–Crippen LogP) is 3.71. The predicted molar refractivity (Wildman–Crippen MR) is 111 cm³/mol. The molecule has 0 amide bonds. The zero-order valence-electron chi connectivity index (χ0n) is 15.2. The molecule has 6 heteroatoms. The van der Waals surface area contributed by atoms with Crippen LogP contribution in [0.2, 0.25) is 0 Å². The van der Waals surface area contributed by atoms with Crippen molar-refractivity contribution in [3.63, 3.8) is 0 Å². The molecule has 4 aliphatic rings. The first-order valence-electron chi connectivity index (χ1n) is 9.79. The zero-order valence-corrected chi connectivity index (χ0v) is 16.0. The van der Waals surface area contributed by atoms with Crippen molar-refractivity contribution in [1.29, 1.82) is 0 Å². The number of nitrogens with zero attached hydrogens (tertiary/aromatic N) is 2. The van der Waals surface area contributed by atoms with E-state index in [0.717, 1.165) is 23.1 Å². The molecule has 1 aromatic carbocycles. The normalized spacial score (nSPS) is 31.5. The van der Waals surface area contributed by atoms with Gasteiger partial charge in [-0.2, -0.15) is 5.10 Å². The van der Waals surface area contributed by atoms with E-state index in [1.54, 1.807) is 12.3 Å². The molecule has 0 radical (unpaired) electrons. The van der Waals surface area contributed by atoms with E-state index in [4.69, 9.17) is 12.2 Å². The van der Waals surface area contributed by atoms with Gasteiger partial charge < -0.3 is 10.4 Å². The smallest absolute Gasteiger partial charge is 0.187 e. The van der Waals surface area contributed by atoms with Gasteiger partial charge in [0.15, 0.2) is 5.11 Å². The number of aromatic nitrogens is 1. The topological polar surface area (TPSA) is 69.5 Å². The molecule has 0 unspecified atom stereocenters. The average molecular weight is 381 g/mol. The fourth-order valence-corrected chi connectivity index (χ4v) is 6.18. The van der Waals surface area contributed by atoms with E-state index in [0.29, 0.717) is 16.3 Å². The van der Waals surface area contributed by atoms with E-state index in [-0.39, 0.29) is 11.3 Å². The summed E-state index contributed by atoms with van der Waals surface area (Å²) in [4.78, 5) is 4.45. The third-order valence-corrected chi connectivity index (χ3v) is 6.69. The number of pyridine rings is 1. The average Bonchev–Trinajstić information content (AvgIpc) is 2.61. The quantitative estimate of drug-likeness (QED) is 0.430. The molecule has 1 aromatic heterocycles. The van der Waals surface area contributed by atoms with Crippen LogP contribution in [-0.2, 0) is 0 Å². The summed E-state index contributed by atoms with van der Waals surface area (Å²) in [5.41, 5.74) is 4.39. The van der Waals surface area contributed by atoms with Crippen LogP contribution in [0.1, 0.15) is 44.2 Å². The van der Waals surface area contributed by atoms with Crippen molar-refractivity contribution in [2.24, 2.45) is 22.9 Å². The SMILES string of the molecule is Oc1cccc2ccc(/C=N/NC(=S)NC34CC5CC(CC(C5)C3)C4)nc12. The van der Waals surface area contributed by atoms with Gasteiger partial charge in [-0.3, -0.25) is 5.43 Å². The number of nitrogens with one attached hydrogen (secondary N) is 2. The maximum Gasteiger partial charge on any atom is 0.187 e. The summed E-state index contributed by atoms with van der Waals surface area (Å²) in [6.45, 7) is 0. The number of fused-ring (bicyclic) bond motifs is 1. The van der Waals surface area contributed by atoms with Crippen LogP contribution in [-0.4, -0.2) is 27.0 Å². The van der Waals surface area contributed by atoms with Crippen molar-refractivity contribution in [2.75, 3.05) is 0 Å². The van der Waals surface area contributed by atoms with Crippen LogP contribution < -0.4 is 10.7 Å². The maximum absolute atomic E-state index is 9.95. The molecule has 2 aromatic rings. The molecule has 5 nitrogen and oxygen atoms in total. The van der Waals surface area contributed by atoms with Gasteiger partial charge in [0.1, 0.15) is 11.3 Å². The van der Waals surface area contributed by atoms with Crippen LogP contribution in [0.3, 0.4) is 0 Å². The molecule has 27 heavy (non-hydrogen) atoms. The molecule has 4 bridgehead atoms. The number of thiocarbonyl (C=S) groups is 1. The van der Waals surface area contributed by atoms with Gasteiger partial charge in [-0.1, -0.05) is 18.2 Å². The highest BCUT2D eigenvalue weighted by Crippen LogP contribution is 2.55. The van der Waals surface area contributed by atoms with Crippen molar-refractivity contribution in [3.05, 3.63) is 36.0 Å². The first-order valence-corrected chi connectivity index (χ1v) is 10.2. The minimum atomic E-state index is 0.176. The van der Waals surface area contributed by atoms with Crippen LogP contribution in [0.5, 0.6) is 5.75 Å². The Bertz CT molecular complexity index is 890. The van der Waals surface area contributed by atoms with Crippen LogP contribution in [0.4, 0.5) is 0 Å². The highest BCUT2D eigenvalue weighted by molar-refractivity contribution is 7.80. The summed E-state index contributed by atoms with van der Waals surface area (Å²) in [6.07, 6.45) is 9.63. The van der Waals surface area contributed by atoms with Gasteiger partial charge in [0.25, 0.3) is 0 Å². The first-order chi connectivity index (χ1) is 13.1. The molecular weight excluding hydrogens is 356 g/mol. The van der Waals surface area contributed by atoms with Gasteiger partial charge in [0, 0.05) is 10.9 Å². The number of phenolic OH excluding ortho intramolecular Hbond substituents is 1. The van der Waals surface area contributed by atoms with E-state index in [2.05, 4.69) is 20.8 Å². The Labute approximate surface area is 164 Å². The molecule has 3 N–H and O–H groups in total. The van der Waals surface area contributed by atoms with Gasteiger partial charge in [-0.05, 0) is 80.6 Å². The zero-order chi connectivity index (χ0) is 18.4. The largest absolute Gasteiger partial charge is 0.506 e. The molecule has 0 aliphatic heterocycles. The summed E-state index contributed by atoms with van der Waals surface area (Å²) < 4.78 is 0. The van der Waals surface area contributed by atoms with Crippen molar-refractivity contribution >= 4 is 34.4 Å². The first kappa shape index (κ1) is 16.9. The summed E-state index contributed by atoms with van der Waals surface area (Å²) in [5.74, 6) is 2.81. The van der Waals surface area contributed by atoms with E-state index >= 15 is 0 Å². The van der Waals surface area contributed by atoms with Crippen LogP contribution in [0.15, 0.2) is 35.4 Å². The molecule has 4 aliphatic carbocycles. The van der Waals surface area contributed by atoms with Gasteiger partial charge in [-0.15, -0.1) is 0 Å². The highest BCUT2D eigenvalue weighted by Gasteiger charge is 2.51. The van der Waals surface area contributed by atoms with Crippen molar-refractivity contribution in [2.45, 2.75) is 44.1 Å². The lowest BCUT2D eigenvalue weighted by Crippen LogP contribution is -2.61. The highest BCUT2D eigenvalue weighted by atomic mass is 32.1. The lowest BCUT2D eigenvalue weighted by Gasteiger charge is -2.57. The molecular formula is C21H24N4OS. The monoisotopic (exact) mass is 380 g/mol. The molecule has 0 saturated heterocycles. The fraction of sp³-hybridized carbons (Fsp3) is 0.476. The Balaban J connectivity index is 1.24. The second-order valence-corrected chi connectivity index (χ2v) is 9.02. The molecule has 4 fully saturated rings. The number of hydrogen-bond acceptors (Lipinski definition) is 4. The number of hydrogen-bond donors (Lipinski definition) is 3. The number of phenols is 1. The summed E-state index contributed by atoms with van der Waals surface area (Å²) in [7, 11) is 0. The molecule has 4 saturated carbocycles. The standard InChI is InChI=1S/C21H24N4OS/c26-18-3-1-2-16-4-5-17(23-19(16)18)12-22-25-20(27)24-21-9-13-6-14(10-21)8-15(7-13)11-21/h1-5,12-15,26H,6-11H2,(H2,24,25,27)/b22-12+. The molecule has 1 heterocycles. The van der Waals surface area contributed by atoms with E-state index in [9.17, 15) is 5.11 Å². The van der Waals surface area contributed by atoms with Crippen LogP contribution in [0, 0.1) is 17.8 Å². The number of rotatable bonds is 3. The Morgan fingerprint density at radius 3 is 2.52 bits per heavy atom. The Kier molecular flexibility index (Phi) is 4.04. The third-order valence-electron chi connectivity index (χ3n) is 6.50. The number of aromatic hydroxyl groups is 1. The Morgan fingerprint density at radius 1 is 1.11 bits per heavy atom. The number of hydrazone groups is 1. The van der Waals surface area contributed by atoms with Crippen LogP contribution >= 0.6 is 12.2 Å². The molecule has 0 spiro atoms. The molecule has 0 atom stereocenters. The third kappa shape index (κ3) is 3.27. The number of benzene rings is 1. The second-order valence-electron chi connectivity index (χ2n) is 8.61. The van der Waals surface area contributed by atoms with Crippen molar-refractivity contribution in [1.82, 2.24) is 15.7 Å². The fourth-order valence-electron chi connectivity index (χ4n) is 5.91. The van der Waals surface area contributed by atoms with E-state index in [1.807, 2.05) is 24.3 Å². The molecule has 140 valence electrons. The van der Waals surface area contributed by atoms with Gasteiger partial charge in [0.05, 0.1) is 11.9 Å². The molecule has 6 rings (SSSR count). The Morgan fingerprint density at radius 2 is 1.81 bits per heavy atom. The van der Waals surface area contributed by atoms with Crippen molar-refractivity contribution in [3.8, 4) is 5.75 Å². The minimum Gasteiger partial charge on any atom is -0.506 e. The van der Waals surface area contributed by atoms with Gasteiger partial charge in [0.2, 0.25) is 0 Å². The van der Waals surface area contributed by atoms with Gasteiger partial charge >= 0.3 is 0 Å². The van der Waals surface area contributed by atoms with Crippen LogP contribution in [0.25, 0.3) is 10.9 Å². The summed E-state index contributed by atoms with van der Waals surface area (Å²) in [6, 6.07) is 9.17. The maximum atomic E-state index is 9.95. The van der Waals surface area contributed by atoms with Crippen molar-refractivity contribution < 1.29 is 5.11 Å². The van der Waals surface area contributed by atoms with Gasteiger partial charge in [-0.25, -0.2) is 4.98 Å². The lowest BCUT2D eigenvalue weighted by atomic mass is 9.53. The van der Waals surface area contributed by atoms with E-state index in [1.165, 1.54) is 38.5 Å². The minimum absolute atomic E-state index is 0.176. The van der Waals surface area contributed by atoms with E-state index < -0.39 is 0 Å². The number of para-hydroxylation sites is 1. The second kappa shape index (κ2) is 6.44. The summed E-state index contributed by atoms with van der Waals surface area (Å²) in [5, 5.41) is 19.3. The Hall–Kier alpha value is -2.21. The lowest BCUT2D eigenvalue weighted by molar-refractivity contribution is -0.0101. The summed E-state index contributed by atoms with van der Waals surface area (Å²) >= 11 is 5.51.